The number of nitrogens with zero attached hydrogens (tertiary/aromatic N) is 2. The number of hydrogen-bond donors (Lipinski definition) is 3. The van der Waals surface area contributed by atoms with E-state index < -0.39 is 35.4 Å². The molecule has 5 rings (SSSR count). The molecule has 4 aliphatic heterocycles. The summed E-state index contributed by atoms with van der Waals surface area (Å²) >= 11 is 0. The molecule has 184 valence electrons. The molecule has 0 spiro atoms. The molecule has 1 atom stereocenters. The summed E-state index contributed by atoms with van der Waals surface area (Å²) in [7, 11) is 0. The van der Waals surface area contributed by atoms with Crippen LogP contribution in [0.3, 0.4) is 0 Å². The second-order valence-corrected chi connectivity index (χ2v) is 9.31. The van der Waals surface area contributed by atoms with Crippen molar-refractivity contribution in [3.63, 3.8) is 0 Å². The van der Waals surface area contributed by atoms with Gasteiger partial charge in [-0.15, -0.1) is 12.4 Å². The molecule has 0 radical (unpaired) electrons. The van der Waals surface area contributed by atoms with E-state index in [0.717, 1.165) is 45.6 Å². The predicted octanol–water partition coefficient (Wildman–Crippen LogP) is 0.773. The number of nitrogens with one attached hydrogen (secondary N) is 3. The molecule has 9 nitrogen and oxygen atoms in total. The fraction of sp³-hybridized carbons (Fsp3) is 0.565. The molecule has 3 fully saturated rings. The number of benzene rings is 1. The van der Waals surface area contributed by atoms with Crippen LogP contribution in [0, 0.1) is 11.7 Å². The zero-order valence-electron chi connectivity index (χ0n) is 18.8. The lowest BCUT2D eigenvalue weighted by molar-refractivity contribution is -0.134. The molecule has 0 bridgehead atoms. The molecule has 1 aromatic rings. The standard InChI is InChI=1S/C23H28FN5O4.ClH/c24-20-16(29-9-7-28(8-10-29)12-13-3-5-25-6-4-13)11-15-19(23(33)27-22(15)32)18(20)14-1-2-17(30)26-21(14)31;/h11,13-14,25H,1-10,12H2,(H,26,30,31)(H,27,32,33);1H. The summed E-state index contributed by atoms with van der Waals surface area (Å²) in [5.74, 6) is -3.32. The minimum Gasteiger partial charge on any atom is -0.367 e. The Morgan fingerprint density at radius 3 is 2.32 bits per heavy atom. The summed E-state index contributed by atoms with van der Waals surface area (Å²) in [6.07, 6.45) is 2.49. The molecule has 0 aromatic heterocycles. The summed E-state index contributed by atoms with van der Waals surface area (Å²) in [6, 6.07) is 1.43. The maximum atomic E-state index is 15.9. The largest absolute Gasteiger partial charge is 0.367 e. The van der Waals surface area contributed by atoms with Crippen molar-refractivity contribution in [3.05, 3.63) is 28.6 Å². The molecule has 1 aromatic carbocycles. The molecule has 1 unspecified atom stereocenters. The molecule has 0 aliphatic carbocycles. The zero-order chi connectivity index (χ0) is 23.1. The maximum absolute atomic E-state index is 15.9. The topological polar surface area (TPSA) is 111 Å². The van der Waals surface area contributed by atoms with E-state index in [1.165, 1.54) is 6.07 Å². The van der Waals surface area contributed by atoms with Gasteiger partial charge in [0.15, 0.2) is 5.82 Å². The average molecular weight is 494 g/mol. The fourth-order valence-corrected chi connectivity index (χ4v) is 5.45. The van der Waals surface area contributed by atoms with E-state index in [0.29, 0.717) is 19.0 Å². The predicted molar refractivity (Wildman–Crippen MR) is 125 cm³/mol. The smallest absolute Gasteiger partial charge is 0.259 e. The van der Waals surface area contributed by atoms with E-state index in [-0.39, 0.29) is 47.6 Å². The highest BCUT2D eigenvalue weighted by Gasteiger charge is 2.40. The van der Waals surface area contributed by atoms with Crippen LogP contribution >= 0.6 is 12.4 Å². The second kappa shape index (κ2) is 9.97. The lowest BCUT2D eigenvalue weighted by Gasteiger charge is -2.39. The van der Waals surface area contributed by atoms with Gasteiger partial charge >= 0.3 is 0 Å². The van der Waals surface area contributed by atoms with E-state index in [1.54, 1.807) is 0 Å². The van der Waals surface area contributed by atoms with Gasteiger partial charge in [0.05, 0.1) is 22.7 Å². The Hall–Kier alpha value is -2.56. The number of hydrogen-bond acceptors (Lipinski definition) is 7. The Kier molecular flexibility index (Phi) is 7.20. The van der Waals surface area contributed by atoms with E-state index in [9.17, 15) is 19.2 Å². The number of piperidine rings is 2. The van der Waals surface area contributed by atoms with Crippen molar-refractivity contribution < 1.29 is 23.6 Å². The summed E-state index contributed by atoms with van der Waals surface area (Å²) in [6.45, 7) is 5.86. The van der Waals surface area contributed by atoms with E-state index in [4.69, 9.17) is 0 Å². The highest BCUT2D eigenvalue weighted by Crippen LogP contribution is 2.38. The third kappa shape index (κ3) is 4.54. The number of imide groups is 2. The van der Waals surface area contributed by atoms with Crippen molar-refractivity contribution in [1.82, 2.24) is 20.9 Å². The van der Waals surface area contributed by atoms with Crippen LogP contribution in [-0.4, -0.2) is 74.3 Å². The van der Waals surface area contributed by atoms with Gasteiger partial charge in [-0.05, 0) is 44.3 Å². The molecule has 3 saturated heterocycles. The van der Waals surface area contributed by atoms with Gasteiger partial charge in [-0.2, -0.15) is 0 Å². The van der Waals surface area contributed by atoms with Gasteiger partial charge in [-0.1, -0.05) is 0 Å². The molecule has 3 N–H and O–H groups in total. The highest BCUT2D eigenvalue weighted by molar-refractivity contribution is 6.23. The van der Waals surface area contributed by atoms with Crippen LogP contribution in [0.4, 0.5) is 10.1 Å². The quantitative estimate of drug-likeness (QED) is 0.531. The van der Waals surface area contributed by atoms with Crippen LogP contribution in [0.25, 0.3) is 0 Å². The van der Waals surface area contributed by atoms with Gasteiger partial charge in [0.25, 0.3) is 11.8 Å². The number of rotatable bonds is 4. The van der Waals surface area contributed by atoms with E-state index in [2.05, 4.69) is 20.9 Å². The van der Waals surface area contributed by atoms with Crippen LogP contribution < -0.4 is 20.9 Å². The number of anilines is 1. The monoisotopic (exact) mass is 493 g/mol. The molecule has 4 aliphatic rings. The Morgan fingerprint density at radius 2 is 1.65 bits per heavy atom. The lowest BCUT2D eigenvalue weighted by atomic mass is 9.85. The van der Waals surface area contributed by atoms with Crippen LogP contribution in [0.2, 0.25) is 0 Å². The van der Waals surface area contributed by atoms with Crippen molar-refractivity contribution >= 4 is 41.7 Å². The number of halogens is 2. The number of amides is 4. The first-order valence-corrected chi connectivity index (χ1v) is 11.7. The zero-order valence-corrected chi connectivity index (χ0v) is 19.6. The Morgan fingerprint density at radius 1 is 0.941 bits per heavy atom. The van der Waals surface area contributed by atoms with Crippen LogP contribution in [-0.2, 0) is 9.59 Å². The third-order valence-electron chi connectivity index (χ3n) is 7.26. The molecular formula is C23H29ClFN5O4. The third-order valence-corrected chi connectivity index (χ3v) is 7.26. The molecule has 4 heterocycles. The molecule has 11 heteroatoms. The van der Waals surface area contributed by atoms with Crippen LogP contribution in [0.1, 0.15) is 57.9 Å². The summed E-state index contributed by atoms with van der Waals surface area (Å²) in [5, 5.41) is 7.83. The van der Waals surface area contributed by atoms with Crippen molar-refractivity contribution in [1.29, 1.82) is 0 Å². The Labute approximate surface area is 203 Å². The van der Waals surface area contributed by atoms with Crippen molar-refractivity contribution in [3.8, 4) is 0 Å². The minimum absolute atomic E-state index is 0. The SMILES string of the molecule is Cl.O=C1CCC(c2c(F)c(N3CCN(CC4CCNCC4)CC3)cc3c2C(=O)NC3=O)C(=O)N1. The van der Waals surface area contributed by atoms with Gasteiger partial charge in [0.1, 0.15) is 0 Å². The van der Waals surface area contributed by atoms with E-state index in [1.807, 2.05) is 4.90 Å². The summed E-state index contributed by atoms with van der Waals surface area (Å²) in [4.78, 5) is 53.3. The highest BCUT2D eigenvalue weighted by atomic mass is 35.5. The molecule has 4 amide bonds. The average Bonchev–Trinajstić information content (AvgIpc) is 3.08. The molecular weight excluding hydrogens is 465 g/mol. The fourth-order valence-electron chi connectivity index (χ4n) is 5.45. The Balaban J connectivity index is 0.00000274. The first kappa shape index (κ1) is 24.6. The number of carbonyl (C=O) groups is 4. The number of carbonyl (C=O) groups excluding carboxylic acids is 4. The molecule has 34 heavy (non-hydrogen) atoms. The van der Waals surface area contributed by atoms with Gasteiger partial charge in [-0.25, -0.2) is 4.39 Å². The molecule has 0 saturated carbocycles. The first-order chi connectivity index (χ1) is 15.9. The van der Waals surface area contributed by atoms with Crippen LogP contribution in [0.5, 0.6) is 0 Å². The van der Waals surface area contributed by atoms with Crippen molar-refractivity contribution in [2.45, 2.75) is 31.6 Å². The van der Waals surface area contributed by atoms with Crippen LogP contribution in [0.15, 0.2) is 6.07 Å². The number of piperazine rings is 1. The van der Waals surface area contributed by atoms with Gasteiger partial charge < -0.3 is 10.2 Å². The van der Waals surface area contributed by atoms with Crippen molar-refractivity contribution in [2.75, 3.05) is 50.7 Å². The normalized spacial score (nSPS) is 23.9. The summed E-state index contributed by atoms with van der Waals surface area (Å²) < 4.78 is 15.9. The van der Waals surface area contributed by atoms with Gasteiger partial charge in [0, 0.05) is 44.7 Å². The van der Waals surface area contributed by atoms with Gasteiger partial charge in [0.2, 0.25) is 11.8 Å². The maximum Gasteiger partial charge on any atom is 0.259 e. The minimum atomic E-state index is -0.991. The summed E-state index contributed by atoms with van der Waals surface area (Å²) in [5.41, 5.74) is 0.168. The van der Waals surface area contributed by atoms with Crippen molar-refractivity contribution in [2.24, 2.45) is 5.92 Å². The lowest BCUT2D eigenvalue weighted by Crippen LogP contribution is -2.49. The number of fused-ring (bicyclic) bond motifs is 1. The van der Waals surface area contributed by atoms with E-state index >= 15 is 4.39 Å². The Bertz CT molecular complexity index is 1020. The first-order valence-electron chi connectivity index (χ1n) is 11.7. The van der Waals surface area contributed by atoms with Gasteiger partial charge in [-0.3, -0.25) is 34.7 Å². The second-order valence-electron chi connectivity index (χ2n) is 9.31.